The summed E-state index contributed by atoms with van der Waals surface area (Å²) in [5.41, 5.74) is 0. The predicted molar refractivity (Wildman–Crippen MR) is 45.5 cm³/mol. The zero-order chi connectivity index (χ0) is 8.27. The average molecular weight is 219 g/mol. The summed E-state index contributed by atoms with van der Waals surface area (Å²) in [7, 11) is 1.86. The van der Waals surface area contributed by atoms with E-state index in [1.54, 1.807) is 4.68 Å². The largest absolute Gasteiger partial charge is 0.233 e. The Bertz CT molecular complexity index is 222. The van der Waals surface area contributed by atoms with Crippen LogP contribution >= 0.6 is 15.9 Å². The maximum Gasteiger partial charge on any atom is 0.151 e. The van der Waals surface area contributed by atoms with E-state index < -0.39 is 0 Å². The average Bonchev–Trinajstić information content (AvgIpc) is 2.37. The Balaban J connectivity index is 2.56. The minimum atomic E-state index is 0.583. The number of alkyl halides is 1. The third kappa shape index (κ3) is 2.25. The minimum absolute atomic E-state index is 0.583. The number of aryl methyl sites for hydroxylation is 1. The van der Waals surface area contributed by atoms with Gasteiger partial charge in [0.1, 0.15) is 0 Å². The van der Waals surface area contributed by atoms with Crippen molar-refractivity contribution in [3.05, 3.63) is 5.82 Å². The number of tetrazole rings is 1. The first-order valence-electron chi connectivity index (χ1n) is 3.51. The zero-order valence-corrected chi connectivity index (χ0v) is 8.24. The van der Waals surface area contributed by atoms with Crippen molar-refractivity contribution in [1.82, 2.24) is 20.2 Å². The van der Waals surface area contributed by atoms with Crippen LogP contribution in [0.1, 0.15) is 12.7 Å². The fourth-order valence-electron chi connectivity index (χ4n) is 0.787. The second kappa shape index (κ2) is 3.80. The Morgan fingerprint density at radius 3 is 2.82 bits per heavy atom. The summed E-state index contributed by atoms with van der Waals surface area (Å²) in [6.45, 7) is 2.16. The van der Waals surface area contributed by atoms with Gasteiger partial charge in [-0.1, -0.05) is 22.9 Å². The van der Waals surface area contributed by atoms with E-state index in [0.717, 1.165) is 17.6 Å². The summed E-state index contributed by atoms with van der Waals surface area (Å²) in [5.74, 6) is 1.52. The van der Waals surface area contributed by atoms with Crippen molar-refractivity contribution in [1.29, 1.82) is 0 Å². The van der Waals surface area contributed by atoms with Gasteiger partial charge in [0.25, 0.3) is 0 Å². The molecule has 1 atom stereocenters. The number of aromatic nitrogens is 4. The predicted octanol–water partition coefficient (Wildman–Crippen LogP) is 0.784. The van der Waals surface area contributed by atoms with Gasteiger partial charge in [0.2, 0.25) is 0 Å². The highest BCUT2D eigenvalue weighted by molar-refractivity contribution is 9.09. The van der Waals surface area contributed by atoms with Gasteiger partial charge in [-0.3, -0.25) is 0 Å². The number of hydrogen-bond acceptors (Lipinski definition) is 3. The quantitative estimate of drug-likeness (QED) is 0.705. The fourth-order valence-corrected chi connectivity index (χ4v) is 1.02. The van der Waals surface area contributed by atoms with Crippen LogP contribution in [-0.2, 0) is 13.5 Å². The molecule has 11 heavy (non-hydrogen) atoms. The Morgan fingerprint density at radius 1 is 1.64 bits per heavy atom. The van der Waals surface area contributed by atoms with Crippen molar-refractivity contribution in [2.24, 2.45) is 13.0 Å². The van der Waals surface area contributed by atoms with Crippen LogP contribution in [-0.4, -0.2) is 25.5 Å². The summed E-state index contributed by atoms with van der Waals surface area (Å²) >= 11 is 3.41. The van der Waals surface area contributed by atoms with Crippen molar-refractivity contribution in [3.63, 3.8) is 0 Å². The van der Waals surface area contributed by atoms with Crippen LogP contribution in [0.4, 0.5) is 0 Å². The fraction of sp³-hybridized carbons (Fsp3) is 0.833. The molecular weight excluding hydrogens is 208 g/mol. The summed E-state index contributed by atoms with van der Waals surface area (Å²) in [6.07, 6.45) is 0.925. The second-order valence-electron chi connectivity index (χ2n) is 2.68. The maximum atomic E-state index is 3.88. The van der Waals surface area contributed by atoms with Crippen molar-refractivity contribution in [2.75, 3.05) is 5.33 Å². The highest BCUT2D eigenvalue weighted by atomic mass is 79.9. The highest BCUT2D eigenvalue weighted by Crippen LogP contribution is 2.06. The molecule has 0 bridgehead atoms. The Kier molecular flexibility index (Phi) is 2.99. The normalized spacial score (nSPS) is 13.4. The van der Waals surface area contributed by atoms with Gasteiger partial charge < -0.3 is 0 Å². The molecular formula is C6H11BrN4. The molecule has 5 heteroatoms. The van der Waals surface area contributed by atoms with Gasteiger partial charge in [0.15, 0.2) is 5.82 Å². The molecule has 0 amide bonds. The Hall–Kier alpha value is -0.450. The van der Waals surface area contributed by atoms with Crippen LogP contribution in [0.25, 0.3) is 0 Å². The molecule has 0 saturated carbocycles. The Morgan fingerprint density at radius 2 is 2.36 bits per heavy atom. The number of nitrogens with zero attached hydrogens (tertiary/aromatic N) is 4. The van der Waals surface area contributed by atoms with Crippen LogP contribution < -0.4 is 0 Å². The molecule has 1 aromatic rings. The molecule has 0 fully saturated rings. The summed E-state index contributed by atoms with van der Waals surface area (Å²) in [4.78, 5) is 0. The Labute approximate surface area is 74.1 Å². The molecule has 1 aromatic heterocycles. The first kappa shape index (κ1) is 8.64. The standard InChI is InChI=1S/C6H11BrN4/c1-5(4-7)3-6-8-9-10-11(6)2/h5H,3-4H2,1-2H3. The molecule has 0 N–H and O–H groups in total. The van der Waals surface area contributed by atoms with Crippen LogP contribution in [0.3, 0.4) is 0 Å². The first-order chi connectivity index (χ1) is 5.24. The van der Waals surface area contributed by atoms with E-state index in [1.807, 2.05) is 7.05 Å². The van der Waals surface area contributed by atoms with Crippen molar-refractivity contribution < 1.29 is 0 Å². The second-order valence-corrected chi connectivity index (χ2v) is 3.33. The van der Waals surface area contributed by atoms with Gasteiger partial charge in [-0.2, -0.15) is 0 Å². The summed E-state index contributed by atoms with van der Waals surface area (Å²) < 4.78 is 1.71. The SMILES string of the molecule is CC(CBr)Cc1nnnn1C. The van der Waals surface area contributed by atoms with Gasteiger partial charge >= 0.3 is 0 Å². The molecule has 62 valence electrons. The maximum absolute atomic E-state index is 3.88. The van der Waals surface area contributed by atoms with E-state index in [-0.39, 0.29) is 0 Å². The molecule has 0 saturated heterocycles. The number of rotatable bonds is 3. The molecule has 0 aromatic carbocycles. The molecule has 1 heterocycles. The summed E-state index contributed by atoms with van der Waals surface area (Å²) in [6, 6.07) is 0. The monoisotopic (exact) mass is 218 g/mol. The van der Waals surface area contributed by atoms with Gasteiger partial charge in [-0.15, -0.1) is 5.10 Å². The van der Waals surface area contributed by atoms with Crippen molar-refractivity contribution >= 4 is 15.9 Å². The topological polar surface area (TPSA) is 43.6 Å². The molecule has 1 unspecified atom stereocenters. The first-order valence-corrected chi connectivity index (χ1v) is 4.63. The number of halogens is 1. The van der Waals surface area contributed by atoms with Crippen LogP contribution in [0, 0.1) is 5.92 Å². The van der Waals surface area contributed by atoms with Gasteiger partial charge in [0, 0.05) is 18.8 Å². The smallest absolute Gasteiger partial charge is 0.151 e. The van der Waals surface area contributed by atoms with E-state index in [9.17, 15) is 0 Å². The van der Waals surface area contributed by atoms with E-state index in [0.29, 0.717) is 5.92 Å². The van der Waals surface area contributed by atoms with E-state index >= 15 is 0 Å². The zero-order valence-electron chi connectivity index (χ0n) is 6.66. The third-order valence-electron chi connectivity index (χ3n) is 1.50. The van der Waals surface area contributed by atoms with Gasteiger partial charge in [-0.25, -0.2) is 4.68 Å². The molecule has 0 radical (unpaired) electrons. The molecule has 0 spiro atoms. The van der Waals surface area contributed by atoms with Crippen molar-refractivity contribution in [2.45, 2.75) is 13.3 Å². The molecule has 1 rings (SSSR count). The molecule has 0 aliphatic carbocycles. The highest BCUT2D eigenvalue weighted by Gasteiger charge is 2.06. The van der Waals surface area contributed by atoms with Crippen LogP contribution in [0.5, 0.6) is 0 Å². The van der Waals surface area contributed by atoms with Crippen LogP contribution in [0.2, 0.25) is 0 Å². The van der Waals surface area contributed by atoms with E-state index in [4.69, 9.17) is 0 Å². The molecule has 4 nitrogen and oxygen atoms in total. The lowest BCUT2D eigenvalue weighted by molar-refractivity contribution is 0.593. The van der Waals surface area contributed by atoms with Gasteiger partial charge in [0.05, 0.1) is 0 Å². The van der Waals surface area contributed by atoms with Crippen molar-refractivity contribution in [3.8, 4) is 0 Å². The molecule has 0 aliphatic heterocycles. The number of hydrogen-bond donors (Lipinski definition) is 0. The van der Waals surface area contributed by atoms with E-state index in [2.05, 4.69) is 38.4 Å². The lowest BCUT2D eigenvalue weighted by Gasteiger charge is -2.03. The van der Waals surface area contributed by atoms with Crippen LogP contribution in [0.15, 0.2) is 0 Å². The van der Waals surface area contributed by atoms with E-state index in [1.165, 1.54) is 0 Å². The minimum Gasteiger partial charge on any atom is -0.233 e. The lowest BCUT2D eigenvalue weighted by atomic mass is 10.1. The third-order valence-corrected chi connectivity index (χ3v) is 2.61. The van der Waals surface area contributed by atoms with Gasteiger partial charge in [-0.05, 0) is 16.3 Å². The molecule has 0 aliphatic rings. The summed E-state index contributed by atoms with van der Waals surface area (Å²) in [5, 5.41) is 12.2. The lowest BCUT2D eigenvalue weighted by Crippen LogP contribution is -2.07.